The lowest BCUT2D eigenvalue weighted by molar-refractivity contribution is -0.137. The van der Waals surface area contributed by atoms with Gasteiger partial charge in [-0.1, -0.05) is 0 Å². The molecule has 0 radical (unpaired) electrons. The molecule has 1 fully saturated rings. The highest BCUT2D eigenvalue weighted by Crippen LogP contribution is 2.15. The van der Waals surface area contributed by atoms with E-state index >= 15 is 0 Å². The maximum Gasteiger partial charge on any atom is 0.304 e. The molecule has 76 valence electrons. The molecule has 0 aromatic carbocycles. The minimum absolute atomic E-state index is 0.0179. The van der Waals surface area contributed by atoms with E-state index in [2.05, 4.69) is 0 Å². The zero-order valence-corrected chi connectivity index (χ0v) is 8.25. The first-order valence-corrected chi connectivity index (χ1v) is 5.85. The maximum atomic E-state index is 10.8. The number of aliphatic carboxylic acids is 1. The summed E-state index contributed by atoms with van der Waals surface area (Å²) in [7, 11) is -1.05. The van der Waals surface area contributed by atoms with Gasteiger partial charge < -0.3 is 10.0 Å². The Bertz CT molecular complexity index is 286. The Hall–Kier alpha value is -0.620. The fourth-order valence-electron chi connectivity index (χ4n) is 1.25. The quantitative estimate of drug-likeness (QED) is 0.652. The number of rotatable bonds is 4. The second kappa shape index (κ2) is 3.63. The van der Waals surface area contributed by atoms with Gasteiger partial charge >= 0.3 is 5.97 Å². The SMILES string of the molecule is CN(CCC(=O)O)C1CS(=O)(=O)C1. The van der Waals surface area contributed by atoms with E-state index in [4.69, 9.17) is 5.11 Å². The Kier molecular flexibility index (Phi) is 2.92. The van der Waals surface area contributed by atoms with Crippen molar-refractivity contribution in [2.75, 3.05) is 25.1 Å². The summed E-state index contributed by atoms with van der Waals surface area (Å²) >= 11 is 0. The van der Waals surface area contributed by atoms with Gasteiger partial charge in [0.05, 0.1) is 17.9 Å². The predicted molar refractivity (Wildman–Crippen MR) is 47.3 cm³/mol. The standard InChI is InChI=1S/C7H13NO4S/c1-8(3-2-7(9)10)6-4-13(11,12)5-6/h6H,2-5H2,1H3,(H,9,10). The molecule has 0 saturated carbocycles. The molecule has 0 aromatic rings. The molecule has 1 rings (SSSR count). The van der Waals surface area contributed by atoms with Crippen LogP contribution in [0.2, 0.25) is 0 Å². The number of hydrogen-bond donors (Lipinski definition) is 1. The molecular weight excluding hydrogens is 194 g/mol. The lowest BCUT2D eigenvalue weighted by Gasteiger charge is -2.33. The summed E-state index contributed by atoms with van der Waals surface area (Å²) in [5.74, 6) is -0.513. The van der Waals surface area contributed by atoms with Crippen molar-refractivity contribution in [1.82, 2.24) is 4.90 Å². The van der Waals surface area contributed by atoms with Gasteiger partial charge in [0.15, 0.2) is 9.84 Å². The van der Waals surface area contributed by atoms with E-state index in [9.17, 15) is 13.2 Å². The molecular formula is C7H13NO4S. The lowest BCUT2D eigenvalue weighted by atomic mass is 10.3. The van der Waals surface area contributed by atoms with E-state index in [1.165, 1.54) is 0 Å². The summed E-state index contributed by atoms with van der Waals surface area (Å²) in [6, 6.07) is 0.0179. The number of sulfone groups is 1. The summed E-state index contributed by atoms with van der Waals surface area (Å²) in [6.07, 6.45) is 0.0625. The normalized spacial score (nSPS) is 21.4. The average Bonchev–Trinajstić information content (AvgIpc) is 1.95. The average molecular weight is 207 g/mol. The van der Waals surface area contributed by atoms with E-state index in [0.717, 1.165) is 0 Å². The van der Waals surface area contributed by atoms with E-state index in [1.54, 1.807) is 11.9 Å². The highest BCUT2D eigenvalue weighted by atomic mass is 32.2. The van der Waals surface area contributed by atoms with Crippen LogP contribution in [0.5, 0.6) is 0 Å². The van der Waals surface area contributed by atoms with Crippen molar-refractivity contribution in [2.45, 2.75) is 12.5 Å². The molecule has 0 aliphatic carbocycles. The monoisotopic (exact) mass is 207 g/mol. The van der Waals surface area contributed by atoms with Gasteiger partial charge in [0, 0.05) is 12.6 Å². The smallest absolute Gasteiger partial charge is 0.304 e. The molecule has 1 aliphatic rings. The van der Waals surface area contributed by atoms with Crippen LogP contribution in [0.1, 0.15) is 6.42 Å². The molecule has 0 amide bonds. The summed E-state index contributed by atoms with van der Waals surface area (Å²) in [6.45, 7) is 0.412. The number of carboxylic acids is 1. The van der Waals surface area contributed by atoms with Crippen LogP contribution in [0.3, 0.4) is 0 Å². The van der Waals surface area contributed by atoms with Gasteiger partial charge in [-0.25, -0.2) is 8.42 Å². The fraction of sp³-hybridized carbons (Fsp3) is 0.857. The zero-order chi connectivity index (χ0) is 10.1. The van der Waals surface area contributed by atoms with Gasteiger partial charge in [-0.15, -0.1) is 0 Å². The number of carbonyl (C=O) groups is 1. The number of nitrogens with zero attached hydrogens (tertiary/aromatic N) is 1. The molecule has 0 spiro atoms. The molecule has 0 atom stereocenters. The predicted octanol–water partition coefficient (Wildman–Crippen LogP) is -0.810. The van der Waals surface area contributed by atoms with Crippen LogP contribution in [-0.2, 0) is 14.6 Å². The molecule has 0 aromatic heterocycles. The Labute approximate surface area is 77.3 Å². The Morgan fingerprint density at radius 1 is 1.54 bits per heavy atom. The van der Waals surface area contributed by atoms with Crippen LogP contribution < -0.4 is 0 Å². The molecule has 1 heterocycles. The van der Waals surface area contributed by atoms with E-state index in [1.807, 2.05) is 0 Å². The van der Waals surface area contributed by atoms with E-state index in [0.29, 0.717) is 6.54 Å². The molecule has 0 unspecified atom stereocenters. The third-order valence-corrected chi connectivity index (χ3v) is 3.98. The van der Waals surface area contributed by atoms with Crippen molar-refractivity contribution in [2.24, 2.45) is 0 Å². The minimum Gasteiger partial charge on any atom is -0.481 e. The summed E-state index contributed by atoms with van der Waals surface area (Å²) < 4.78 is 21.6. The number of hydrogen-bond acceptors (Lipinski definition) is 4. The second-order valence-electron chi connectivity index (χ2n) is 3.36. The first-order valence-electron chi connectivity index (χ1n) is 4.03. The van der Waals surface area contributed by atoms with Crippen LogP contribution in [0, 0.1) is 0 Å². The van der Waals surface area contributed by atoms with Crippen molar-refractivity contribution in [1.29, 1.82) is 0 Å². The van der Waals surface area contributed by atoms with Crippen LogP contribution in [0.25, 0.3) is 0 Å². The van der Waals surface area contributed by atoms with Gasteiger partial charge in [-0.2, -0.15) is 0 Å². The van der Waals surface area contributed by atoms with Crippen LogP contribution in [-0.4, -0.2) is 55.5 Å². The summed E-state index contributed by atoms with van der Waals surface area (Å²) in [4.78, 5) is 12.0. The number of carboxylic acid groups (broad SMARTS) is 1. The van der Waals surface area contributed by atoms with Crippen LogP contribution in [0.4, 0.5) is 0 Å². The van der Waals surface area contributed by atoms with Crippen molar-refractivity contribution in [3.63, 3.8) is 0 Å². The molecule has 1 saturated heterocycles. The minimum atomic E-state index is -2.80. The van der Waals surface area contributed by atoms with Crippen molar-refractivity contribution >= 4 is 15.8 Å². The third-order valence-electron chi connectivity index (χ3n) is 2.19. The van der Waals surface area contributed by atoms with E-state index in [-0.39, 0.29) is 24.0 Å². The van der Waals surface area contributed by atoms with Gasteiger partial charge in [0.2, 0.25) is 0 Å². The van der Waals surface area contributed by atoms with E-state index < -0.39 is 15.8 Å². The summed E-state index contributed by atoms with van der Waals surface area (Å²) in [5, 5.41) is 8.39. The van der Waals surface area contributed by atoms with Crippen molar-refractivity contribution < 1.29 is 18.3 Å². The second-order valence-corrected chi connectivity index (χ2v) is 5.51. The molecule has 1 N–H and O–H groups in total. The van der Waals surface area contributed by atoms with Crippen molar-refractivity contribution in [3.05, 3.63) is 0 Å². The topological polar surface area (TPSA) is 74.7 Å². The fourth-order valence-corrected chi connectivity index (χ4v) is 2.83. The Morgan fingerprint density at radius 2 is 2.08 bits per heavy atom. The first-order chi connectivity index (χ1) is 5.91. The van der Waals surface area contributed by atoms with Gasteiger partial charge in [0.1, 0.15) is 0 Å². The largest absolute Gasteiger partial charge is 0.481 e. The molecule has 5 nitrogen and oxygen atoms in total. The highest BCUT2D eigenvalue weighted by molar-refractivity contribution is 7.92. The van der Waals surface area contributed by atoms with Gasteiger partial charge in [-0.05, 0) is 7.05 Å². The third kappa shape index (κ3) is 2.96. The zero-order valence-electron chi connectivity index (χ0n) is 7.43. The lowest BCUT2D eigenvalue weighted by Crippen LogP contribution is -2.52. The summed E-state index contributed by atoms with van der Waals surface area (Å²) in [5.41, 5.74) is 0. The van der Waals surface area contributed by atoms with Gasteiger partial charge in [-0.3, -0.25) is 4.79 Å². The maximum absolute atomic E-state index is 10.8. The molecule has 0 bridgehead atoms. The Morgan fingerprint density at radius 3 is 2.46 bits per heavy atom. The molecule has 13 heavy (non-hydrogen) atoms. The molecule has 1 aliphatic heterocycles. The van der Waals surface area contributed by atoms with Crippen LogP contribution in [0.15, 0.2) is 0 Å². The van der Waals surface area contributed by atoms with Crippen LogP contribution >= 0.6 is 0 Å². The highest BCUT2D eigenvalue weighted by Gasteiger charge is 2.35. The van der Waals surface area contributed by atoms with Gasteiger partial charge in [0.25, 0.3) is 0 Å². The van der Waals surface area contributed by atoms with Crippen molar-refractivity contribution in [3.8, 4) is 0 Å². The first kappa shape index (κ1) is 10.5. The molecule has 6 heteroatoms. The Balaban J connectivity index is 2.27.